The summed E-state index contributed by atoms with van der Waals surface area (Å²) in [5.74, 6) is -0.727. The first kappa shape index (κ1) is 28.8. The van der Waals surface area contributed by atoms with E-state index >= 15 is 0 Å². The van der Waals surface area contributed by atoms with Gasteiger partial charge in [-0.15, -0.1) is 0 Å². The molecular formula is C27H22Cl2N4O6S. The fourth-order valence-electron chi connectivity index (χ4n) is 3.52. The van der Waals surface area contributed by atoms with Crippen molar-refractivity contribution >= 4 is 56.4 Å². The Kier molecular flexibility index (Phi) is 9.22. The lowest BCUT2D eigenvalue weighted by atomic mass is 10.1. The zero-order valence-electron chi connectivity index (χ0n) is 20.6. The molecule has 2 amide bonds. The third kappa shape index (κ3) is 7.27. The predicted octanol–water partition coefficient (Wildman–Crippen LogP) is 5.38. The van der Waals surface area contributed by atoms with Crippen LogP contribution in [0.5, 0.6) is 5.75 Å². The molecule has 0 aliphatic carbocycles. The topological polar surface area (TPSA) is 147 Å². The SMILES string of the molecule is O=C(CCOc1ccc(NS(=O)(=O)c2ccc(C(=O)Nc3ccc(Cl)c(-c4ccccn4)c3)c(Cl)c2)cc1)NO. The highest BCUT2D eigenvalue weighted by Crippen LogP contribution is 2.30. The molecule has 4 N–H and O–H groups in total. The summed E-state index contributed by atoms with van der Waals surface area (Å²) in [6.07, 6.45) is 1.58. The molecule has 0 aliphatic rings. The third-order valence-corrected chi connectivity index (χ3v) is 7.51. The number of aromatic nitrogens is 1. The van der Waals surface area contributed by atoms with Crippen molar-refractivity contribution in [2.24, 2.45) is 0 Å². The second-order valence-electron chi connectivity index (χ2n) is 8.27. The van der Waals surface area contributed by atoms with Gasteiger partial charge in [0.1, 0.15) is 5.75 Å². The van der Waals surface area contributed by atoms with E-state index in [9.17, 15) is 18.0 Å². The van der Waals surface area contributed by atoms with Crippen LogP contribution in [0.25, 0.3) is 11.3 Å². The number of hydrogen-bond acceptors (Lipinski definition) is 7. The molecule has 3 aromatic carbocycles. The van der Waals surface area contributed by atoms with Crippen molar-refractivity contribution < 1.29 is 28.0 Å². The number of ether oxygens (including phenoxy) is 1. The Hall–Kier alpha value is -4.16. The molecule has 0 fully saturated rings. The van der Waals surface area contributed by atoms with Crippen LogP contribution in [0.15, 0.2) is 90.0 Å². The number of hydrogen-bond donors (Lipinski definition) is 4. The molecule has 4 aromatic rings. The number of anilines is 2. The molecule has 0 atom stereocenters. The molecule has 4 rings (SSSR count). The smallest absolute Gasteiger partial charge is 0.261 e. The van der Waals surface area contributed by atoms with Gasteiger partial charge in [0.25, 0.3) is 15.9 Å². The molecule has 0 spiro atoms. The molecule has 1 heterocycles. The van der Waals surface area contributed by atoms with Crippen LogP contribution >= 0.6 is 23.2 Å². The van der Waals surface area contributed by atoms with Crippen LogP contribution in [-0.2, 0) is 14.8 Å². The molecule has 40 heavy (non-hydrogen) atoms. The average Bonchev–Trinajstić information content (AvgIpc) is 2.95. The van der Waals surface area contributed by atoms with Crippen molar-refractivity contribution in [3.05, 3.63) is 101 Å². The first-order chi connectivity index (χ1) is 19.2. The maximum atomic E-state index is 12.9. The Morgan fingerprint density at radius 2 is 1.65 bits per heavy atom. The summed E-state index contributed by atoms with van der Waals surface area (Å²) < 4.78 is 33.6. The summed E-state index contributed by atoms with van der Waals surface area (Å²) in [4.78, 5) is 28.1. The van der Waals surface area contributed by atoms with Gasteiger partial charge in [-0.1, -0.05) is 29.3 Å². The number of hydroxylamine groups is 1. The van der Waals surface area contributed by atoms with Crippen LogP contribution in [0.2, 0.25) is 10.0 Å². The molecule has 0 radical (unpaired) electrons. The number of pyridine rings is 1. The minimum absolute atomic E-state index is 0.0271. The highest BCUT2D eigenvalue weighted by molar-refractivity contribution is 7.92. The largest absolute Gasteiger partial charge is 0.493 e. The molecular weight excluding hydrogens is 579 g/mol. The molecule has 0 unspecified atom stereocenters. The fraction of sp³-hybridized carbons (Fsp3) is 0.0741. The number of halogens is 2. The highest BCUT2D eigenvalue weighted by atomic mass is 35.5. The molecule has 0 bridgehead atoms. The summed E-state index contributed by atoms with van der Waals surface area (Å²) in [5, 5.41) is 11.6. The molecule has 10 nitrogen and oxygen atoms in total. The van der Waals surface area contributed by atoms with E-state index in [-0.39, 0.29) is 34.2 Å². The van der Waals surface area contributed by atoms with Crippen LogP contribution in [-0.4, -0.2) is 37.0 Å². The van der Waals surface area contributed by atoms with Crippen LogP contribution in [0, 0.1) is 0 Å². The van der Waals surface area contributed by atoms with Gasteiger partial charge in [-0.2, -0.15) is 0 Å². The zero-order valence-corrected chi connectivity index (χ0v) is 22.9. The van der Waals surface area contributed by atoms with Gasteiger partial charge in [0, 0.05) is 23.1 Å². The normalized spacial score (nSPS) is 11.0. The number of sulfonamides is 1. The summed E-state index contributed by atoms with van der Waals surface area (Å²) in [5.41, 5.74) is 3.55. The minimum Gasteiger partial charge on any atom is -0.493 e. The van der Waals surface area contributed by atoms with Crippen LogP contribution in [0.1, 0.15) is 16.8 Å². The Morgan fingerprint density at radius 3 is 2.33 bits per heavy atom. The lowest BCUT2D eigenvalue weighted by Crippen LogP contribution is -2.20. The third-order valence-electron chi connectivity index (χ3n) is 5.49. The monoisotopic (exact) mass is 600 g/mol. The van der Waals surface area contributed by atoms with Gasteiger partial charge in [-0.25, -0.2) is 13.9 Å². The number of carbonyl (C=O) groups is 2. The Balaban J connectivity index is 1.43. The maximum Gasteiger partial charge on any atom is 0.261 e. The standard InChI is InChI=1S/C27H22Cl2N4O6S/c28-23-11-6-18(15-22(23)25-3-1-2-13-30-25)31-27(35)21-10-9-20(16-24(21)29)40(37,38)33-17-4-7-19(8-5-17)39-14-12-26(34)32-36/h1-11,13,15-16,33,36H,12,14H2,(H,31,35)(H,32,34). The zero-order chi connectivity index (χ0) is 28.7. The van der Waals surface area contributed by atoms with Gasteiger partial charge in [0.05, 0.1) is 39.2 Å². The molecule has 0 saturated carbocycles. The lowest BCUT2D eigenvalue weighted by Gasteiger charge is -2.12. The molecule has 1 aromatic heterocycles. The van der Waals surface area contributed by atoms with Gasteiger partial charge >= 0.3 is 0 Å². The van der Waals surface area contributed by atoms with Crippen molar-refractivity contribution in [1.29, 1.82) is 0 Å². The van der Waals surface area contributed by atoms with E-state index in [0.29, 0.717) is 27.7 Å². The maximum absolute atomic E-state index is 12.9. The molecule has 206 valence electrons. The van der Waals surface area contributed by atoms with E-state index in [1.165, 1.54) is 47.9 Å². The van der Waals surface area contributed by atoms with Crippen molar-refractivity contribution in [2.45, 2.75) is 11.3 Å². The van der Waals surface area contributed by atoms with Gasteiger partial charge in [-0.05, 0) is 72.8 Å². The van der Waals surface area contributed by atoms with Crippen molar-refractivity contribution in [2.75, 3.05) is 16.6 Å². The van der Waals surface area contributed by atoms with Crippen LogP contribution < -0.4 is 20.3 Å². The van der Waals surface area contributed by atoms with Gasteiger partial charge in [-0.3, -0.25) is 24.5 Å². The summed E-state index contributed by atoms with van der Waals surface area (Å²) in [6.45, 7) is 0.0271. The first-order valence-corrected chi connectivity index (χ1v) is 13.9. The van der Waals surface area contributed by atoms with Gasteiger partial charge < -0.3 is 10.1 Å². The number of amides is 2. The summed E-state index contributed by atoms with van der Waals surface area (Å²) in [6, 6.07) is 20.1. The van der Waals surface area contributed by atoms with Crippen molar-refractivity contribution in [3.63, 3.8) is 0 Å². The number of benzene rings is 3. The average molecular weight is 601 g/mol. The number of carbonyl (C=O) groups excluding carboxylic acids is 2. The number of nitrogens with zero attached hydrogens (tertiary/aromatic N) is 1. The van der Waals surface area contributed by atoms with Crippen LogP contribution in [0.4, 0.5) is 11.4 Å². The van der Waals surface area contributed by atoms with E-state index in [4.69, 9.17) is 33.1 Å². The fourth-order valence-corrected chi connectivity index (χ4v) is 5.15. The van der Waals surface area contributed by atoms with E-state index in [0.717, 1.165) is 0 Å². The second-order valence-corrected chi connectivity index (χ2v) is 10.8. The molecule has 13 heteroatoms. The van der Waals surface area contributed by atoms with Gasteiger partial charge in [0.2, 0.25) is 5.91 Å². The lowest BCUT2D eigenvalue weighted by molar-refractivity contribution is -0.129. The Morgan fingerprint density at radius 1 is 0.900 bits per heavy atom. The second kappa shape index (κ2) is 12.8. The first-order valence-electron chi connectivity index (χ1n) is 11.7. The van der Waals surface area contributed by atoms with Crippen molar-refractivity contribution in [3.8, 4) is 17.0 Å². The molecule has 0 aliphatic heterocycles. The Labute approximate surface area is 239 Å². The van der Waals surface area contributed by atoms with E-state index < -0.39 is 21.8 Å². The highest BCUT2D eigenvalue weighted by Gasteiger charge is 2.19. The van der Waals surface area contributed by atoms with E-state index in [1.807, 2.05) is 6.07 Å². The number of nitrogens with one attached hydrogen (secondary N) is 3. The predicted molar refractivity (Wildman–Crippen MR) is 151 cm³/mol. The quantitative estimate of drug-likeness (QED) is 0.141. The summed E-state index contributed by atoms with van der Waals surface area (Å²) in [7, 11) is -4.03. The van der Waals surface area contributed by atoms with Gasteiger partial charge in [0.15, 0.2) is 0 Å². The van der Waals surface area contributed by atoms with Crippen molar-refractivity contribution in [1.82, 2.24) is 10.5 Å². The van der Waals surface area contributed by atoms with E-state index in [2.05, 4.69) is 15.0 Å². The summed E-state index contributed by atoms with van der Waals surface area (Å²) >= 11 is 12.6. The number of rotatable bonds is 10. The van der Waals surface area contributed by atoms with Crippen LogP contribution in [0.3, 0.4) is 0 Å². The minimum atomic E-state index is -4.03. The molecule has 0 saturated heterocycles. The Bertz CT molecular complexity index is 1640. The van der Waals surface area contributed by atoms with E-state index in [1.54, 1.807) is 36.5 Å².